The predicted molar refractivity (Wildman–Crippen MR) is 125 cm³/mol. The quantitative estimate of drug-likeness (QED) is 0.357. The predicted octanol–water partition coefficient (Wildman–Crippen LogP) is 5.85. The van der Waals surface area contributed by atoms with E-state index in [4.69, 9.17) is 0 Å². The first-order chi connectivity index (χ1) is 14.8. The van der Waals surface area contributed by atoms with Crippen molar-refractivity contribution < 1.29 is 0 Å². The van der Waals surface area contributed by atoms with Crippen LogP contribution < -0.4 is 0 Å². The molecular formula is C23H18N6S. The van der Waals surface area contributed by atoms with E-state index < -0.39 is 0 Å². The standard InChI is InChI=1S/C23H18N6S/c1-3-14(12-24-4-2)15-10-17-21(28-29-23(17)26-13-15)19-11-16-18(27-19)7-8-25-22(16)20-6-5-9-30-20/h3-13,27H,2H2,1H3,(H,26,28,29)/b14-3+,24-12?. The second-order valence-corrected chi connectivity index (χ2v) is 7.63. The van der Waals surface area contributed by atoms with Crippen molar-refractivity contribution in [2.75, 3.05) is 0 Å². The summed E-state index contributed by atoms with van der Waals surface area (Å²) in [6, 6.07) is 10.3. The Morgan fingerprint density at radius 3 is 2.93 bits per heavy atom. The lowest BCUT2D eigenvalue weighted by atomic mass is 10.1. The molecule has 0 bridgehead atoms. The van der Waals surface area contributed by atoms with Gasteiger partial charge in [0.05, 0.1) is 22.0 Å². The van der Waals surface area contributed by atoms with E-state index in [9.17, 15) is 0 Å². The first-order valence-electron chi connectivity index (χ1n) is 9.45. The number of thiophene rings is 1. The van der Waals surface area contributed by atoms with Gasteiger partial charge in [0, 0.05) is 46.7 Å². The maximum atomic E-state index is 4.61. The van der Waals surface area contributed by atoms with Crippen molar-refractivity contribution in [3.63, 3.8) is 0 Å². The molecule has 0 saturated carbocycles. The highest BCUT2D eigenvalue weighted by Crippen LogP contribution is 2.34. The Hall–Kier alpha value is -3.84. The summed E-state index contributed by atoms with van der Waals surface area (Å²) in [5.74, 6) is 0. The van der Waals surface area contributed by atoms with Crippen LogP contribution in [0.5, 0.6) is 0 Å². The molecule has 0 radical (unpaired) electrons. The number of hydrogen-bond donors (Lipinski definition) is 2. The Balaban J connectivity index is 1.65. The Kier molecular flexibility index (Phi) is 4.57. The van der Waals surface area contributed by atoms with Crippen LogP contribution in [-0.2, 0) is 0 Å². The van der Waals surface area contributed by atoms with Gasteiger partial charge in [0.15, 0.2) is 5.65 Å². The highest BCUT2D eigenvalue weighted by atomic mass is 32.1. The molecule has 0 aromatic carbocycles. The van der Waals surface area contributed by atoms with E-state index in [-0.39, 0.29) is 0 Å². The Morgan fingerprint density at radius 2 is 2.13 bits per heavy atom. The SMILES string of the molecule is C=CN=C/C(=C\C)c1cnc2n[nH]c(-c3cc4c(-c5cccs5)nccc4[nH]3)c2c1. The third kappa shape index (κ3) is 3.05. The monoisotopic (exact) mass is 410 g/mol. The minimum Gasteiger partial charge on any atom is -0.353 e. The fraction of sp³-hybridized carbons (Fsp3) is 0.0435. The molecule has 5 rings (SSSR count). The highest BCUT2D eigenvalue weighted by molar-refractivity contribution is 7.13. The number of pyridine rings is 2. The minimum atomic E-state index is 0.667. The summed E-state index contributed by atoms with van der Waals surface area (Å²) in [4.78, 5) is 17.9. The van der Waals surface area contributed by atoms with E-state index in [0.29, 0.717) is 5.65 Å². The normalized spacial score (nSPS) is 12.4. The van der Waals surface area contributed by atoms with Crippen LogP contribution in [0.15, 0.2) is 72.0 Å². The van der Waals surface area contributed by atoms with Crippen LogP contribution in [-0.4, -0.2) is 31.4 Å². The van der Waals surface area contributed by atoms with E-state index in [2.05, 4.69) is 60.3 Å². The van der Waals surface area contributed by atoms with E-state index >= 15 is 0 Å². The largest absolute Gasteiger partial charge is 0.353 e. The number of aromatic nitrogens is 5. The number of aliphatic imine (C=N–C) groups is 1. The molecule has 0 unspecified atom stereocenters. The summed E-state index contributed by atoms with van der Waals surface area (Å²) in [6.45, 7) is 5.61. The molecule has 5 heterocycles. The van der Waals surface area contributed by atoms with Gasteiger partial charge < -0.3 is 4.98 Å². The Bertz CT molecular complexity index is 1420. The maximum Gasteiger partial charge on any atom is 0.181 e. The van der Waals surface area contributed by atoms with Crippen LogP contribution in [0.3, 0.4) is 0 Å². The molecule has 0 aliphatic carbocycles. The van der Waals surface area contributed by atoms with Crippen molar-refractivity contribution in [2.45, 2.75) is 6.92 Å². The molecule has 5 aromatic rings. The third-order valence-electron chi connectivity index (χ3n) is 4.95. The van der Waals surface area contributed by atoms with Crippen molar-refractivity contribution in [3.05, 3.63) is 72.5 Å². The maximum absolute atomic E-state index is 4.61. The zero-order chi connectivity index (χ0) is 20.5. The number of aromatic amines is 2. The summed E-state index contributed by atoms with van der Waals surface area (Å²) < 4.78 is 0. The average molecular weight is 411 g/mol. The van der Waals surface area contributed by atoms with E-state index in [0.717, 1.165) is 49.4 Å². The van der Waals surface area contributed by atoms with Gasteiger partial charge in [-0.05, 0) is 42.1 Å². The van der Waals surface area contributed by atoms with Gasteiger partial charge in [-0.15, -0.1) is 11.3 Å². The minimum absolute atomic E-state index is 0.667. The zero-order valence-electron chi connectivity index (χ0n) is 16.3. The molecule has 30 heavy (non-hydrogen) atoms. The van der Waals surface area contributed by atoms with Crippen LogP contribution in [0.2, 0.25) is 0 Å². The van der Waals surface area contributed by atoms with Gasteiger partial charge in [0.25, 0.3) is 0 Å². The molecule has 0 atom stereocenters. The number of nitrogens with one attached hydrogen (secondary N) is 2. The number of H-pyrrole nitrogens is 2. The summed E-state index contributed by atoms with van der Waals surface area (Å²) in [5.41, 5.74) is 6.45. The summed E-state index contributed by atoms with van der Waals surface area (Å²) >= 11 is 1.68. The van der Waals surface area contributed by atoms with Gasteiger partial charge in [-0.1, -0.05) is 18.7 Å². The summed E-state index contributed by atoms with van der Waals surface area (Å²) in [5, 5.41) is 11.6. The van der Waals surface area contributed by atoms with Gasteiger partial charge >= 0.3 is 0 Å². The number of allylic oxidation sites excluding steroid dienone is 2. The molecule has 6 nitrogen and oxygen atoms in total. The Labute approximate surface area is 176 Å². The summed E-state index contributed by atoms with van der Waals surface area (Å²) in [7, 11) is 0. The van der Waals surface area contributed by atoms with Crippen LogP contribution in [0.4, 0.5) is 0 Å². The van der Waals surface area contributed by atoms with Crippen LogP contribution >= 0.6 is 11.3 Å². The molecule has 0 aliphatic heterocycles. The van der Waals surface area contributed by atoms with E-state index in [1.165, 1.54) is 6.20 Å². The molecule has 0 aliphatic rings. The van der Waals surface area contributed by atoms with Gasteiger partial charge in [-0.2, -0.15) is 5.10 Å². The Morgan fingerprint density at radius 1 is 1.20 bits per heavy atom. The first-order valence-corrected chi connectivity index (χ1v) is 10.3. The fourth-order valence-corrected chi connectivity index (χ4v) is 4.24. The second-order valence-electron chi connectivity index (χ2n) is 6.68. The smallest absolute Gasteiger partial charge is 0.181 e. The molecule has 2 N–H and O–H groups in total. The first kappa shape index (κ1) is 18.2. The summed E-state index contributed by atoms with van der Waals surface area (Å²) in [6.07, 6.45) is 8.93. The van der Waals surface area contributed by atoms with Crippen LogP contribution in [0.25, 0.3) is 49.5 Å². The number of fused-ring (bicyclic) bond motifs is 2. The van der Waals surface area contributed by atoms with Gasteiger partial charge in [-0.3, -0.25) is 15.1 Å². The molecule has 0 saturated heterocycles. The topological polar surface area (TPSA) is 82.6 Å². The number of hydrogen-bond acceptors (Lipinski definition) is 5. The number of nitrogens with zero attached hydrogens (tertiary/aromatic N) is 4. The number of rotatable bonds is 5. The van der Waals surface area contributed by atoms with Gasteiger partial charge in [0.2, 0.25) is 0 Å². The third-order valence-corrected chi connectivity index (χ3v) is 5.82. The van der Waals surface area contributed by atoms with E-state index in [1.807, 2.05) is 31.3 Å². The molecule has 0 spiro atoms. The molecule has 7 heteroatoms. The van der Waals surface area contributed by atoms with Crippen molar-refractivity contribution in [3.8, 4) is 22.0 Å². The molecule has 5 aromatic heterocycles. The van der Waals surface area contributed by atoms with Crippen molar-refractivity contribution in [1.82, 2.24) is 25.1 Å². The lowest BCUT2D eigenvalue weighted by Crippen LogP contribution is -1.88. The molecule has 146 valence electrons. The van der Waals surface area contributed by atoms with Gasteiger partial charge in [0.1, 0.15) is 0 Å². The van der Waals surface area contributed by atoms with Crippen molar-refractivity contribution >= 4 is 45.1 Å². The molecule has 0 amide bonds. The van der Waals surface area contributed by atoms with E-state index in [1.54, 1.807) is 23.7 Å². The average Bonchev–Trinajstić information content (AvgIpc) is 3.52. The lowest BCUT2D eigenvalue weighted by Gasteiger charge is -2.01. The molecule has 0 fully saturated rings. The zero-order valence-corrected chi connectivity index (χ0v) is 17.1. The second kappa shape index (κ2) is 7.53. The fourth-order valence-electron chi connectivity index (χ4n) is 3.51. The van der Waals surface area contributed by atoms with Crippen molar-refractivity contribution in [2.24, 2.45) is 4.99 Å². The molecular weight excluding hydrogens is 392 g/mol. The van der Waals surface area contributed by atoms with Crippen LogP contribution in [0.1, 0.15) is 12.5 Å². The van der Waals surface area contributed by atoms with Gasteiger partial charge in [-0.25, -0.2) is 4.98 Å². The highest BCUT2D eigenvalue weighted by Gasteiger charge is 2.15. The van der Waals surface area contributed by atoms with Crippen molar-refractivity contribution in [1.29, 1.82) is 0 Å². The van der Waals surface area contributed by atoms with Crippen LogP contribution in [0, 0.1) is 0 Å². The lowest BCUT2D eigenvalue weighted by molar-refractivity contribution is 1.10.